The molecule has 0 bridgehead atoms. The largest absolute Gasteiger partial charge is 0.371 e. The summed E-state index contributed by atoms with van der Waals surface area (Å²) in [5.74, 6) is 0.418. The van der Waals surface area contributed by atoms with Gasteiger partial charge in [0.05, 0.1) is 10.2 Å². The van der Waals surface area contributed by atoms with Crippen LogP contribution in [0.5, 0.6) is 0 Å². The molecule has 31 heavy (non-hydrogen) atoms. The van der Waals surface area contributed by atoms with Crippen LogP contribution in [-0.2, 0) is 23.0 Å². The fraction of sp³-hybridized carbons (Fsp3) is 0.409. The van der Waals surface area contributed by atoms with Gasteiger partial charge in [-0.3, -0.25) is 4.55 Å². The Balaban J connectivity index is 1.60. The predicted molar refractivity (Wildman–Crippen MR) is 123 cm³/mol. The van der Waals surface area contributed by atoms with Gasteiger partial charge < -0.3 is 4.90 Å². The molecule has 0 radical (unpaired) electrons. The smallest absolute Gasteiger partial charge is 0.297 e. The lowest BCUT2D eigenvalue weighted by Gasteiger charge is -2.37. The van der Waals surface area contributed by atoms with Gasteiger partial charge in [-0.05, 0) is 66.5 Å². The van der Waals surface area contributed by atoms with Crippen molar-refractivity contribution in [2.45, 2.75) is 50.3 Å². The first-order valence-corrected chi connectivity index (χ1v) is 12.8. The minimum atomic E-state index is -4.44. The van der Waals surface area contributed by atoms with Crippen LogP contribution in [0, 0.1) is 0 Å². The maximum Gasteiger partial charge on any atom is 0.297 e. The Morgan fingerprint density at radius 2 is 1.90 bits per heavy atom. The van der Waals surface area contributed by atoms with Crippen LogP contribution in [0.25, 0.3) is 10.2 Å². The van der Waals surface area contributed by atoms with Crippen molar-refractivity contribution in [1.29, 1.82) is 0 Å². The number of anilines is 1. The molecule has 9 heteroatoms. The second-order valence-electron chi connectivity index (χ2n) is 8.46. The molecular weight excluding hydrogens is 432 g/mol. The van der Waals surface area contributed by atoms with Gasteiger partial charge in [-0.2, -0.15) is 8.42 Å². The summed E-state index contributed by atoms with van der Waals surface area (Å²) in [6.45, 7) is 6.11. The van der Waals surface area contributed by atoms with E-state index in [-0.39, 0.29) is 10.6 Å². The molecule has 0 aliphatic carbocycles. The Labute approximate surface area is 185 Å². The molecule has 2 aliphatic heterocycles. The fourth-order valence-electron chi connectivity index (χ4n) is 4.60. The monoisotopic (exact) mass is 456 g/mol. The first kappa shape index (κ1) is 20.5. The van der Waals surface area contributed by atoms with Gasteiger partial charge in [0.25, 0.3) is 10.1 Å². The van der Waals surface area contributed by atoms with E-state index in [9.17, 15) is 13.0 Å². The van der Waals surface area contributed by atoms with Crippen molar-refractivity contribution in [3.05, 3.63) is 41.0 Å². The lowest BCUT2D eigenvalue weighted by Crippen LogP contribution is -2.35. The molecule has 3 heterocycles. The summed E-state index contributed by atoms with van der Waals surface area (Å²) in [7, 11) is -4.44. The average Bonchev–Trinajstić information content (AvgIpc) is 3.13. The van der Waals surface area contributed by atoms with Crippen molar-refractivity contribution in [2.75, 3.05) is 18.0 Å². The van der Waals surface area contributed by atoms with Crippen LogP contribution in [0.3, 0.4) is 0 Å². The molecule has 162 valence electrons. The summed E-state index contributed by atoms with van der Waals surface area (Å²) in [6.07, 6.45) is 3.35. The zero-order valence-electron chi connectivity index (χ0n) is 17.5. The number of nitrogens with zero attached hydrogens (tertiary/aromatic N) is 4. The highest BCUT2D eigenvalue weighted by atomic mass is 32.2. The van der Waals surface area contributed by atoms with Crippen molar-refractivity contribution in [1.82, 2.24) is 4.98 Å². The number of rotatable bonds is 4. The molecule has 7 nitrogen and oxygen atoms in total. The number of aryl methyl sites for hydroxylation is 1. The lowest BCUT2D eigenvalue weighted by molar-refractivity contribution is 0.481. The second-order valence-corrected chi connectivity index (χ2v) is 10.8. The van der Waals surface area contributed by atoms with E-state index < -0.39 is 10.1 Å². The third-order valence-electron chi connectivity index (χ3n) is 6.02. The molecule has 0 atom stereocenters. The number of hydrogen-bond donors (Lipinski definition) is 1. The molecule has 2 aromatic carbocycles. The zero-order valence-corrected chi connectivity index (χ0v) is 19.1. The normalized spacial score (nSPS) is 16.5. The minimum absolute atomic E-state index is 0.107. The van der Waals surface area contributed by atoms with Crippen LogP contribution >= 0.6 is 11.3 Å². The van der Waals surface area contributed by atoms with Gasteiger partial charge in [0.2, 0.25) is 5.13 Å². The maximum atomic E-state index is 12.3. The average molecular weight is 457 g/mol. The molecule has 1 N–H and O–H groups in total. The van der Waals surface area contributed by atoms with Crippen LogP contribution in [0.15, 0.2) is 39.4 Å². The maximum absolute atomic E-state index is 12.3. The quantitative estimate of drug-likeness (QED) is 0.396. The predicted octanol–water partition coefficient (Wildman–Crippen LogP) is 5.78. The van der Waals surface area contributed by atoms with E-state index in [4.69, 9.17) is 0 Å². The molecule has 0 spiro atoms. The number of fused-ring (bicyclic) bond motifs is 1. The Morgan fingerprint density at radius 1 is 1.13 bits per heavy atom. The first-order chi connectivity index (χ1) is 14.8. The van der Waals surface area contributed by atoms with Gasteiger partial charge >= 0.3 is 0 Å². The van der Waals surface area contributed by atoms with Gasteiger partial charge in [0.15, 0.2) is 0 Å². The summed E-state index contributed by atoms with van der Waals surface area (Å²) < 4.78 is 35.7. The molecule has 2 aliphatic rings. The van der Waals surface area contributed by atoms with Crippen molar-refractivity contribution in [2.24, 2.45) is 10.2 Å². The number of aromatic nitrogens is 1. The fourth-order valence-corrected chi connectivity index (χ4v) is 6.31. The molecule has 0 unspecified atom stereocenters. The molecule has 3 aromatic rings. The van der Waals surface area contributed by atoms with E-state index in [0.717, 1.165) is 53.8 Å². The van der Waals surface area contributed by atoms with Crippen LogP contribution in [0.2, 0.25) is 0 Å². The number of thiazole rings is 1. The number of benzene rings is 2. The third-order valence-corrected chi connectivity index (χ3v) is 7.90. The molecule has 0 fully saturated rings. The summed E-state index contributed by atoms with van der Waals surface area (Å²) in [6, 6.07) is 7.91. The van der Waals surface area contributed by atoms with E-state index in [2.05, 4.69) is 46.1 Å². The van der Waals surface area contributed by atoms with Gasteiger partial charge in [-0.25, -0.2) is 4.98 Å². The van der Waals surface area contributed by atoms with E-state index in [1.165, 1.54) is 16.9 Å². The third kappa shape index (κ3) is 3.75. The Morgan fingerprint density at radius 3 is 2.65 bits per heavy atom. The zero-order chi connectivity index (χ0) is 21.8. The highest BCUT2D eigenvalue weighted by Gasteiger charge is 2.32. The number of hydrogen-bond acceptors (Lipinski definition) is 7. The van der Waals surface area contributed by atoms with Gasteiger partial charge in [0.1, 0.15) is 10.6 Å². The topological polar surface area (TPSA) is 95.2 Å². The molecule has 1 aromatic heterocycles. The Hall–Kier alpha value is -2.36. The van der Waals surface area contributed by atoms with Crippen LogP contribution in [0.1, 0.15) is 49.3 Å². The Bertz CT molecular complexity index is 1310. The van der Waals surface area contributed by atoms with Crippen LogP contribution in [0.4, 0.5) is 16.5 Å². The van der Waals surface area contributed by atoms with Gasteiger partial charge in [-0.15, -0.1) is 10.2 Å². The van der Waals surface area contributed by atoms with Crippen molar-refractivity contribution in [3.8, 4) is 0 Å². The van der Waals surface area contributed by atoms with Crippen molar-refractivity contribution < 1.29 is 13.0 Å². The second kappa shape index (κ2) is 7.65. The SMILES string of the molecule is CC(C)c1ccc2nc(N=Nc3cc4c5c(c3S(=O)(=O)O)CCCN5CCC4)sc2c1. The van der Waals surface area contributed by atoms with E-state index in [1.807, 2.05) is 6.07 Å². The highest BCUT2D eigenvalue weighted by molar-refractivity contribution is 7.86. The molecule has 0 amide bonds. The van der Waals surface area contributed by atoms with Gasteiger partial charge in [-0.1, -0.05) is 31.3 Å². The standard InChI is InChI=1S/C22H24N4O3S2/c1-13(2)14-7-8-17-19(12-14)30-22(23-17)25-24-18-11-15-5-3-9-26-10-4-6-16(20(15)26)21(18)31(27,28)29/h7-8,11-13H,3-6,9-10H2,1-2H3,(H,27,28,29). The lowest BCUT2D eigenvalue weighted by atomic mass is 9.91. The minimum Gasteiger partial charge on any atom is -0.371 e. The molecule has 5 rings (SSSR count). The summed E-state index contributed by atoms with van der Waals surface area (Å²) in [5.41, 5.74) is 4.98. The summed E-state index contributed by atoms with van der Waals surface area (Å²) in [4.78, 5) is 6.63. The van der Waals surface area contributed by atoms with Crippen LogP contribution < -0.4 is 4.90 Å². The van der Waals surface area contributed by atoms with Crippen molar-refractivity contribution >= 4 is 48.2 Å². The first-order valence-electron chi connectivity index (χ1n) is 10.5. The summed E-state index contributed by atoms with van der Waals surface area (Å²) >= 11 is 1.42. The Kier molecular flexibility index (Phi) is 5.07. The van der Waals surface area contributed by atoms with Crippen LogP contribution in [-0.4, -0.2) is 31.0 Å². The van der Waals surface area contributed by atoms with Gasteiger partial charge in [0, 0.05) is 18.8 Å². The highest BCUT2D eigenvalue weighted by Crippen LogP contribution is 2.44. The van der Waals surface area contributed by atoms with E-state index in [1.54, 1.807) is 6.07 Å². The molecule has 0 saturated carbocycles. The van der Waals surface area contributed by atoms with Crippen molar-refractivity contribution in [3.63, 3.8) is 0 Å². The molecular formula is C22H24N4O3S2. The molecule has 0 saturated heterocycles. The number of azo groups is 1. The summed E-state index contributed by atoms with van der Waals surface area (Å²) in [5, 5.41) is 9.01. The van der Waals surface area contributed by atoms with E-state index in [0.29, 0.717) is 23.0 Å². The van der Waals surface area contributed by atoms with E-state index >= 15 is 0 Å².